The molecule has 6 aromatic heterocycles. The fraction of sp³-hybridized carbons (Fsp3) is 0.200. The predicted molar refractivity (Wildman–Crippen MR) is 322 cm³/mol. The molecule has 1 fully saturated rings. The van der Waals surface area contributed by atoms with E-state index in [4.69, 9.17) is 40.9 Å². The first kappa shape index (κ1) is 67.0. The van der Waals surface area contributed by atoms with Crippen LogP contribution < -0.4 is 149 Å². The third kappa shape index (κ3) is 17.9. The van der Waals surface area contributed by atoms with Gasteiger partial charge in [-0.1, -0.05) is 116 Å². The Balaban J connectivity index is 0.000000194. The molecular formula is C65H64BClCs2F2N6O5. The number of aryl methyl sites for hydroxylation is 1. The maximum Gasteiger partial charge on any atom is 1.00 e. The molecule has 2 N–H and O–H groups in total. The molecule has 1 aliphatic rings. The fourth-order valence-corrected chi connectivity index (χ4v) is 8.98. The maximum atomic E-state index is 12.4. The van der Waals surface area contributed by atoms with E-state index in [2.05, 4.69) is 161 Å². The van der Waals surface area contributed by atoms with E-state index in [-0.39, 0.29) is 177 Å². The van der Waals surface area contributed by atoms with E-state index >= 15 is 0 Å². The number of halogens is 3. The summed E-state index contributed by atoms with van der Waals surface area (Å²) >= 11 is 5.71. The quantitative estimate of drug-likeness (QED) is 0.0479. The molecule has 0 saturated carbocycles. The molecule has 0 aliphatic carbocycles. The van der Waals surface area contributed by atoms with Crippen LogP contribution in [0.25, 0.3) is 87.9 Å². The second-order valence-corrected chi connectivity index (χ2v) is 20.2. The molecule has 6 aromatic carbocycles. The Hall–Kier alpha value is -4.16. The minimum absolute atomic E-state index is 0. The SMILES string of the molecule is CC1(C)OB(c2ccc3[nH]ccc3c2)OC1(C)C.CCCCF.Clc1ccc2ccccc2n1.FCCCn1ccc2cc(-c3ccc4ccccc4n3)ccc21.O=CO[O-].[Cs+].[Cs+].[H-].c1ccc2nc(-c3ccc4[nH]ccc4c3)ccc2c1. The van der Waals surface area contributed by atoms with E-state index in [9.17, 15) is 8.78 Å². The van der Waals surface area contributed by atoms with Crippen LogP contribution in [0.15, 0.2) is 201 Å². The molecular weight excluding hydrogens is 1290 g/mol. The number of fused-ring (bicyclic) bond motifs is 6. The van der Waals surface area contributed by atoms with Gasteiger partial charge in [-0.3, -0.25) is 13.6 Å². The number of benzene rings is 6. The van der Waals surface area contributed by atoms with Crippen LogP contribution in [-0.4, -0.2) is 67.6 Å². The number of carbonyl (C=O) groups excluding carboxylic acids is 1. The fourth-order valence-electron chi connectivity index (χ4n) is 8.82. The van der Waals surface area contributed by atoms with Crippen molar-refractivity contribution in [3.05, 3.63) is 206 Å². The van der Waals surface area contributed by atoms with Gasteiger partial charge >= 0.3 is 145 Å². The minimum atomic E-state index is -0.287. The Morgan fingerprint density at radius 2 is 1.07 bits per heavy atom. The Bertz CT molecular complexity index is 3940. The van der Waals surface area contributed by atoms with Crippen molar-refractivity contribution >= 4 is 96.1 Å². The van der Waals surface area contributed by atoms with Crippen LogP contribution in [0.4, 0.5) is 8.78 Å². The average molecular weight is 1360 g/mol. The van der Waals surface area contributed by atoms with Gasteiger partial charge in [-0.15, -0.1) is 0 Å². The second-order valence-electron chi connectivity index (χ2n) is 19.9. The van der Waals surface area contributed by atoms with Gasteiger partial charge in [0.1, 0.15) is 5.15 Å². The Morgan fingerprint density at radius 1 is 0.598 bits per heavy atom. The van der Waals surface area contributed by atoms with Crippen molar-refractivity contribution in [2.75, 3.05) is 13.3 Å². The first-order valence-electron chi connectivity index (χ1n) is 26.5. The van der Waals surface area contributed by atoms with Crippen LogP contribution in [0.1, 0.15) is 55.3 Å². The van der Waals surface area contributed by atoms with Crippen molar-refractivity contribution < 1.29 is 172 Å². The van der Waals surface area contributed by atoms with Gasteiger partial charge in [-0.2, -0.15) is 0 Å². The first-order chi connectivity index (χ1) is 38.8. The molecule has 11 nitrogen and oxygen atoms in total. The zero-order valence-electron chi connectivity index (χ0n) is 48.4. The maximum absolute atomic E-state index is 12.4. The smallest absolute Gasteiger partial charge is 1.00 e. The number of hydrogen-bond acceptors (Lipinski definition) is 8. The van der Waals surface area contributed by atoms with E-state index in [1.54, 1.807) is 6.07 Å². The van der Waals surface area contributed by atoms with Crippen LogP contribution in [0.2, 0.25) is 5.15 Å². The molecule has 0 amide bonds. The molecule has 0 unspecified atom stereocenters. The van der Waals surface area contributed by atoms with E-state index in [1.165, 1.54) is 16.2 Å². The summed E-state index contributed by atoms with van der Waals surface area (Å²) in [6, 6.07) is 61.5. The molecule has 0 atom stereocenters. The molecule has 12 aromatic rings. The molecule has 17 heteroatoms. The van der Waals surface area contributed by atoms with Gasteiger partial charge in [0, 0.05) is 79.7 Å². The van der Waals surface area contributed by atoms with Crippen molar-refractivity contribution in [1.82, 2.24) is 29.5 Å². The van der Waals surface area contributed by atoms with Crippen molar-refractivity contribution in [3.8, 4) is 22.5 Å². The first-order valence-corrected chi connectivity index (χ1v) is 26.9. The van der Waals surface area contributed by atoms with Crippen LogP contribution >= 0.6 is 11.6 Å². The number of para-hydroxylation sites is 3. The van der Waals surface area contributed by atoms with Crippen molar-refractivity contribution in [3.63, 3.8) is 0 Å². The standard InChI is InChI=1S/C20H17FN2.C17H12N2.C14H18BNO2.C9H6ClN.C4H9F.CH2O3.2Cs.H/c21-11-3-12-23-13-10-17-14-16(7-9-20(17)23)19-8-6-15-4-1-2-5-18(15)22-19;1-2-4-16-12(3-1)5-8-17(19-16)13-6-7-15-14(11-13)9-10-18-15;1-13(2)14(3,4)18-15(17-13)11-5-6-12-10(9-11)7-8-16-12;10-9-6-5-7-3-1-2-4-8(7)11-9;1-2-3-4-5;2-1-4-3;;;/h1-2,4-10,13-14H,3,11-12H2;1-11,18H;5-9,16H,1-4H3;1-6H;2-4H2,1H3;1,3H;;;/q;;;;;;2*+1;-1/p-1. The van der Waals surface area contributed by atoms with Gasteiger partial charge in [0.25, 0.3) is 6.47 Å². The number of hydrogen-bond donors (Lipinski definition) is 2. The number of rotatable bonds is 9. The molecule has 13 rings (SSSR count). The average Bonchev–Trinajstić information content (AvgIpc) is 3.43. The molecule has 0 spiro atoms. The minimum Gasteiger partial charge on any atom is -1.00 e. The number of alkyl halides is 2. The number of aromatic amines is 2. The van der Waals surface area contributed by atoms with Crippen LogP contribution in [-0.2, 0) is 25.5 Å². The summed E-state index contributed by atoms with van der Waals surface area (Å²) < 4.78 is 37.6. The van der Waals surface area contributed by atoms with E-state index in [1.807, 2.05) is 92.2 Å². The van der Waals surface area contributed by atoms with Crippen LogP contribution in [0.5, 0.6) is 0 Å². The number of pyridine rings is 3. The van der Waals surface area contributed by atoms with Gasteiger partial charge in [-0.25, -0.2) is 15.0 Å². The van der Waals surface area contributed by atoms with E-state index in [0.29, 0.717) is 18.1 Å². The van der Waals surface area contributed by atoms with Crippen LogP contribution in [0, 0.1) is 0 Å². The molecule has 1 saturated heterocycles. The third-order valence-electron chi connectivity index (χ3n) is 13.8. The van der Waals surface area contributed by atoms with E-state index < -0.39 is 0 Å². The van der Waals surface area contributed by atoms with Gasteiger partial charge in [0.2, 0.25) is 0 Å². The van der Waals surface area contributed by atoms with Crippen LogP contribution in [0.3, 0.4) is 0 Å². The molecule has 1 aliphatic heterocycles. The third-order valence-corrected chi connectivity index (χ3v) is 14.0. The number of nitrogens with one attached hydrogen (secondary N) is 2. The van der Waals surface area contributed by atoms with Crippen molar-refractivity contribution in [2.45, 2.75) is 71.6 Å². The summed E-state index contributed by atoms with van der Waals surface area (Å²) in [4.78, 5) is 31.3. The molecule has 7 heterocycles. The predicted octanol–water partition coefficient (Wildman–Crippen LogP) is 9.27. The zero-order chi connectivity index (χ0) is 56.5. The largest absolute Gasteiger partial charge is 1.00 e. The molecule has 0 radical (unpaired) electrons. The summed E-state index contributed by atoms with van der Waals surface area (Å²) in [6.45, 7) is 10.4. The summed E-state index contributed by atoms with van der Waals surface area (Å²) in [6.07, 6.45) is 8.17. The molecule has 0 bridgehead atoms. The Kier molecular flexibility index (Phi) is 26.9. The number of aromatic nitrogens is 6. The summed E-state index contributed by atoms with van der Waals surface area (Å²) in [5, 5.41) is 16.0. The summed E-state index contributed by atoms with van der Waals surface area (Å²) in [7, 11) is -0.283. The van der Waals surface area contributed by atoms with Crippen molar-refractivity contribution in [1.29, 1.82) is 0 Å². The monoisotopic (exact) mass is 1360 g/mol. The van der Waals surface area contributed by atoms with Crippen molar-refractivity contribution in [2.24, 2.45) is 0 Å². The van der Waals surface area contributed by atoms with Gasteiger partial charge in [0.15, 0.2) is 0 Å². The topological polar surface area (TPSA) is 143 Å². The van der Waals surface area contributed by atoms with Gasteiger partial charge < -0.3 is 35.4 Å². The number of unbranched alkanes of at least 4 members (excludes halogenated alkanes) is 1. The number of nitrogens with zero attached hydrogens (tertiary/aromatic N) is 4. The second kappa shape index (κ2) is 32.9. The summed E-state index contributed by atoms with van der Waals surface area (Å²) in [5.74, 6) is 0. The van der Waals surface area contributed by atoms with Gasteiger partial charge in [0.05, 0.1) is 52.5 Å². The molecule has 82 heavy (non-hydrogen) atoms. The number of carbonyl (C=O) groups is 1. The zero-order valence-corrected chi connectivity index (χ0v) is 60.7. The van der Waals surface area contributed by atoms with E-state index in [0.717, 1.165) is 90.1 Å². The number of H-pyrrole nitrogens is 2. The Morgan fingerprint density at radius 3 is 1.59 bits per heavy atom. The van der Waals surface area contributed by atoms with Gasteiger partial charge in [-0.05, 0) is 142 Å². The Labute approximate surface area is 601 Å². The summed E-state index contributed by atoms with van der Waals surface area (Å²) in [5.41, 5.74) is 11.2. The normalized spacial score (nSPS) is 12.7. The molecule has 410 valence electrons.